The van der Waals surface area contributed by atoms with Crippen LogP contribution in [-0.2, 0) is 13.7 Å². The van der Waals surface area contributed by atoms with E-state index in [1.54, 1.807) is 13.8 Å². The Kier molecular flexibility index (Phi) is 5.08. The molecule has 130 valence electrons. The van der Waals surface area contributed by atoms with E-state index in [9.17, 15) is 22.8 Å². The van der Waals surface area contributed by atoms with Crippen molar-refractivity contribution in [2.24, 2.45) is 7.05 Å². The molecule has 5 nitrogen and oxygen atoms in total. The first-order valence-corrected chi connectivity index (χ1v) is 7.29. The standard InChI is InChI=1S/C15H14ClF3N2O3/c1-7(2)24-12-5-10(9(18)4-8(12)16)21-14(22)13(19)11(6-17)20(3)15(21)23/h4-5,7H,6H2,1-3H3. The van der Waals surface area contributed by atoms with Crippen LogP contribution in [0.25, 0.3) is 5.69 Å². The Bertz CT molecular complexity index is 869. The highest BCUT2D eigenvalue weighted by Gasteiger charge is 2.21. The highest BCUT2D eigenvalue weighted by atomic mass is 35.5. The fraction of sp³-hybridized carbons (Fsp3) is 0.333. The Morgan fingerprint density at radius 1 is 1.25 bits per heavy atom. The average molecular weight is 363 g/mol. The minimum atomic E-state index is -1.47. The van der Waals surface area contributed by atoms with Crippen molar-refractivity contribution in [2.75, 3.05) is 0 Å². The number of hydrogen-bond acceptors (Lipinski definition) is 3. The van der Waals surface area contributed by atoms with Crippen molar-refractivity contribution in [3.8, 4) is 11.4 Å². The Balaban J connectivity index is 2.83. The topological polar surface area (TPSA) is 53.2 Å². The number of ether oxygens (including phenoxy) is 1. The number of nitrogens with zero attached hydrogens (tertiary/aromatic N) is 2. The van der Waals surface area contributed by atoms with Gasteiger partial charge in [0.2, 0.25) is 5.82 Å². The van der Waals surface area contributed by atoms with Crippen molar-refractivity contribution in [2.45, 2.75) is 26.6 Å². The summed E-state index contributed by atoms with van der Waals surface area (Å²) in [6.45, 7) is 2.04. The van der Waals surface area contributed by atoms with Crippen molar-refractivity contribution in [1.82, 2.24) is 9.13 Å². The number of halogens is 4. The molecule has 0 N–H and O–H groups in total. The van der Waals surface area contributed by atoms with Crippen LogP contribution in [0.2, 0.25) is 5.02 Å². The molecular formula is C15H14ClF3N2O3. The van der Waals surface area contributed by atoms with Crippen molar-refractivity contribution in [3.05, 3.63) is 55.3 Å². The fourth-order valence-electron chi connectivity index (χ4n) is 2.12. The third-order valence-electron chi connectivity index (χ3n) is 3.26. The molecule has 0 saturated carbocycles. The summed E-state index contributed by atoms with van der Waals surface area (Å²) in [5.74, 6) is -2.48. The molecule has 0 amide bonds. The molecule has 24 heavy (non-hydrogen) atoms. The maximum Gasteiger partial charge on any atom is 0.335 e. The third kappa shape index (κ3) is 3.06. The van der Waals surface area contributed by atoms with E-state index in [2.05, 4.69) is 0 Å². The lowest BCUT2D eigenvalue weighted by atomic mass is 10.2. The summed E-state index contributed by atoms with van der Waals surface area (Å²) in [5.41, 5.74) is -3.80. The van der Waals surface area contributed by atoms with Gasteiger partial charge in [-0.05, 0) is 19.9 Å². The van der Waals surface area contributed by atoms with Crippen LogP contribution in [0, 0.1) is 11.6 Å². The van der Waals surface area contributed by atoms with E-state index >= 15 is 0 Å². The molecular weight excluding hydrogens is 349 g/mol. The molecule has 1 aromatic heterocycles. The molecule has 0 saturated heterocycles. The second kappa shape index (κ2) is 6.72. The van der Waals surface area contributed by atoms with E-state index in [4.69, 9.17) is 16.3 Å². The van der Waals surface area contributed by atoms with Crippen LogP contribution in [-0.4, -0.2) is 15.2 Å². The summed E-state index contributed by atoms with van der Waals surface area (Å²) in [6.07, 6.45) is -0.314. The maximum atomic E-state index is 14.2. The predicted octanol–water partition coefficient (Wildman–Crippen LogP) is 2.72. The highest BCUT2D eigenvalue weighted by Crippen LogP contribution is 2.29. The smallest absolute Gasteiger partial charge is 0.335 e. The zero-order valence-corrected chi connectivity index (χ0v) is 13.8. The van der Waals surface area contributed by atoms with Gasteiger partial charge in [-0.3, -0.25) is 9.36 Å². The average Bonchev–Trinajstić information content (AvgIpc) is 2.50. The molecule has 0 fully saturated rings. The summed E-state index contributed by atoms with van der Waals surface area (Å²) in [5, 5.41) is -0.0735. The van der Waals surface area contributed by atoms with Crippen molar-refractivity contribution < 1.29 is 17.9 Å². The zero-order chi connectivity index (χ0) is 18.2. The minimum absolute atomic E-state index is 0.0204. The zero-order valence-electron chi connectivity index (χ0n) is 13.1. The van der Waals surface area contributed by atoms with Crippen LogP contribution >= 0.6 is 11.6 Å². The predicted molar refractivity (Wildman–Crippen MR) is 82.8 cm³/mol. The molecule has 2 aromatic rings. The maximum absolute atomic E-state index is 14.2. The molecule has 0 bridgehead atoms. The summed E-state index contributed by atoms with van der Waals surface area (Å²) in [4.78, 5) is 24.3. The molecule has 1 heterocycles. The highest BCUT2D eigenvalue weighted by molar-refractivity contribution is 6.32. The van der Waals surface area contributed by atoms with Gasteiger partial charge < -0.3 is 4.74 Å². The van der Waals surface area contributed by atoms with Crippen molar-refractivity contribution in [1.29, 1.82) is 0 Å². The van der Waals surface area contributed by atoms with Gasteiger partial charge >= 0.3 is 5.69 Å². The summed E-state index contributed by atoms with van der Waals surface area (Å²) in [6, 6.07) is 1.87. The Labute approximate surface area is 139 Å². The summed E-state index contributed by atoms with van der Waals surface area (Å²) < 4.78 is 47.3. The van der Waals surface area contributed by atoms with Crippen LogP contribution in [0.3, 0.4) is 0 Å². The van der Waals surface area contributed by atoms with Gasteiger partial charge in [-0.2, -0.15) is 4.39 Å². The molecule has 0 aliphatic carbocycles. The molecule has 2 rings (SSSR count). The van der Waals surface area contributed by atoms with Gasteiger partial charge in [0.15, 0.2) is 0 Å². The fourth-order valence-corrected chi connectivity index (χ4v) is 2.31. The van der Waals surface area contributed by atoms with E-state index in [0.717, 1.165) is 19.2 Å². The Morgan fingerprint density at radius 3 is 2.42 bits per heavy atom. The molecule has 9 heteroatoms. The van der Waals surface area contributed by atoms with Gasteiger partial charge in [0.1, 0.15) is 18.2 Å². The SMILES string of the molecule is CC(C)Oc1cc(-n2c(=O)c(F)c(CF)n(C)c2=O)c(F)cc1Cl. The third-order valence-corrected chi connectivity index (χ3v) is 3.55. The number of benzene rings is 1. The van der Waals surface area contributed by atoms with Gasteiger partial charge in [-0.15, -0.1) is 0 Å². The van der Waals surface area contributed by atoms with Crippen LogP contribution in [0.1, 0.15) is 19.5 Å². The van der Waals surface area contributed by atoms with Gasteiger partial charge in [0, 0.05) is 13.1 Å². The largest absolute Gasteiger partial charge is 0.489 e. The second-order valence-electron chi connectivity index (χ2n) is 5.28. The molecule has 0 atom stereocenters. The van der Waals surface area contributed by atoms with Crippen molar-refractivity contribution >= 4 is 11.6 Å². The van der Waals surface area contributed by atoms with E-state index in [-0.39, 0.29) is 21.4 Å². The molecule has 0 aliphatic rings. The first kappa shape index (κ1) is 18.1. The van der Waals surface area contributed by atoms with Crippen LogP contribution in [0.4, 0.5) is 13.2 Å². The molecule has 0 radical (unpaired) electrons. The van der Waals surface area contributed by atoms with E-state index in [1.807, 2.05) is 0 Å². The number of hydrogen-bond donors (Lipinski definition) is 0. The monoisotopic (exact) mass is 362 g/mol. The van der Waals surface area contributed by atoms with Crippen molar-refractivity contribution in [3.63, 3.8) is 0 Å². The van der Waals surface area contributed by atoms with E-state index < -0.39 is 40.9 Å². The molecule has 0 aliphatic heterocycles. The van der Waals surface area contributed by atoms with Crippen LogP contribution in [0.5, 0.6) is 5.75 Å². The molecule has 1 aromatic carbocycles. The van der Waals surface area contributed by atoms with E-state index in [1.165, 1.54) is 0 Å². The lowest BCUT2D eigenvalue weighted by Gasteiger charge is -2.15. The van der Waals surface area contributed by atoms with Crippen LogP contribution < -0.4 is 16.0 Å². The molecule has 0 spiro atoms. The second-order valence-corrected chi connectivity index (χ2v) is 5.68. The van der Waals surface area contributed by atoms with E-state index in [0.29, 0.717) is 4.57 Å². The van der Waals surface area contributed by atoms with Gasteiger partial charge in [-0.25, -0.2) is 18.1 Å². The quantitative estimate of drug-likeness (QED) is 0.840. The Morgan fingerprint density at radius 2 is 1.88 bits per heavy atom. The van der Waals surface area contributed by atoms with Gasteiger partial charge in [0.25, 0.3) is 5.56 Å². The first-order chi connectivity index (χ1) is 11.2. The Hall–Kier alpha value is -2.22. The number of rotatable bonds is 4. The first-order valence-electron chi connectivity index (χ1n) is 6.91. The molecule has 0 unspecified atom stereocenters. The summed E-state index contributed by atoms with van der Waals surface area (Å²) >= 11 is 5.86. The lowest BCUT2D eigenvalue weighted by molar-refractivity contribution is 0.242. The normalized spacial score (nSPS) is 11.2. The van der Waals surface area contributed by atoms with Crippen LogP contribution in [0.15, 0.2) is 21.7 Å². The summed E-state index contributed by atoms with van der Waals surface area (Å²) in [7, 11) is 1.08. The van der Waals surface area contributed by atoms with Gasteiger partial charge in [0.05, 0.1) is 22.5 Å². The van der Waals surface area contributed by atoms with Gasteiger partial charge in [-0.1, -0.05) is 11.6 Å². The minimum Gasteiger partial charge on any atom is -0.489 e. The lowest BCUT2D eigenvalue weighted by Crippen LogP contribution is -2.41. The number of aromatic nitrogens is 2. The number of alkyl halides is 1.